The van der Waals surface area contributed by atoms with E-state index in [4.69, 9.17) is 5.26 Å². The summed E-state index contributed by atoms with van der Waals surface area (Å²) in [6.07, 6.45) is 1.88. The van der Waals surface area contributed by atoms with Crippen molar-refractivity contribution < 1.29 is 8.78 Å². The third-order valence-corrected chi connectivity index (χ3v) is 4.27. The van der Waals surface area contributed by atoms with Gasteiger partial charge in [-0.15, -0.1) is 0 Å². The van der Waals surface area contributed by atoms with E-state index in [1.54, 1.807) is 12.1 Å². The summed E-state index contributed by atoms with van der Waals surface area (Å²) in [6.45, 7) is 1.86. The fourth-order valence-electron chi connectivity index (χ4n) is 3.12. The molecule has 0 heterocycles. The lowest BCUT2D eigenvalue weighted by molar-refractivity contribution is 0.514. The number of nitrogens with zero attached hydrogens (tertiary/aromatic N) is 1. The van der Waals surface area contributed by atoms with Crippen LogP contribution >= 0.6 is 0 Å². The van der Waals surface area contributed by atoms with Crippen molar-refractivity contribution in [3.63, 3.8) is 0 Å². The van der Waals surface area contributed by atoms with E-state index in [1.807, 2.05) is 25.1 Å². The molecule has 0 saturated carbocycles. The van der Waals surface area contributed by atoms with Gasteiger partial charge in [0.15, 0.2) is 0 Å². The number of nitriles is 1. The first-order valence-corrected chi connectivity index (χ1v) is 7.06. The summed E-state index contributed by atoms with van der Waals surface area (Å²) in [5.74, 6) is -0.513. The van der Waals surface area contributed by atoms with Crippen molar-refractivity contribution in [3.05, 3.63) is 69.8 Å². The molecule has 3 rings (SSSR count). The van der Waals surface area contributed by atoms with Crippen molar-refractivity contribution in [1.29, 1.82) is 5.26 Å². The highest BCUT2D eigenvalue weighted by Crippen LogP contribution is 2.35. The molecule has 0 amide bonds. The maximum absolute atomic E-state index is 14.1. The average molecular weight is 283 g/mol. The molecule has 0 saturated heterocycles. The summed E-state index contributed by atoms with van der Waals surface area (Å²) in [5.41, 5.74) is 3.21. The van der Waals surface area contributed by atoms with Gasteiger partial charge in [-0.1, -0.05) is 18.2 Å². The van der Waals surface area contributed by atoms with Crippen LogP contribution < -0.4 is 0 Å². The lowest BCUT2D eigenvalue weighted by Crippen LogP contribution is -2.16. The van der Waals surface area contributed by atoms with Crippen molar-refractivity contribution in [2.75, 3.05) is 0 Å². The van der Waals surface area contributed by atoms with Crippen LogP contribution in [0.3, 0.4) is 0 Å². The zero-order valence-electron chi connectivity index (χ0n) is 11.8. The Balaban J connectivity index is 1.95. The number of halogens is 2. The summed E-state index contributed by atoms with van der Waals surface area (Å²) in [6, 6.07) is 10.5. The van der Waals surface area contributed by atoms with Gasteiger partial charge >= 0.3 is 0 Å². The summed E-state index contributed by atoms with van der Waals surface area (Å²) < 4.78 is 28.2. The van der Waals surface area contributed by atoms with Crippen LogP contribution in [0.5, 0.6) is 0 Å². The molecule has 0 aromatic heterocycles. The number of hydrogen-bond acceptors (Lipinski definition) is 1. The fourth-order valence-corrected chi connectivity index (χ4v) is 3.12. The summed E-state index contributed by atoms with van der Waals surface area (Å²) in [4.78, 5) is 0. The van der Waals surface area contributed by atoms with Crippen LogP contribution in [0.25, 0.3) is 0 Å². The van der Waals surface area contributed by atoms with Gasteiger partial charge in [0.25, 0.3) is 0 Å². The molecule has 2 aromatic carbocycles. The van der Waals surface area contributed by atoms with Crippen LogP contribution in [0.1, 0.15) is 40.2 Å². The molecule has 0 fully saturated rings. The Morgan fingerprint density at radius 1 is 1.19 bits per heavy atom. The molecule has 0 spiro atoms. The SMILES string of the molecule is Cc1ccc(C2CCc3c(ccc(C#N)c3F)C2)c(F)c1. The lowest BCUT2D eigenvalue weighted by atomic mass is 9.79. The number of aryl methyl sites for hydroxylation is 1. The third-order valence-electron chi connectivity index (χ3n) is 4.27. The Bertz CT molecular complexity index is 744. The molecule has 2 aromatic rings. The number of hydrogen-bond donors (Lipinski definition) is 0. The Morgan fingerprint density at radius 2 is 2.00 bits per heavy atom. The van der Waals surface area contributed by atoms with Crippen molar-refractivity contribution >= 4 is 0 Å². The summed E-state index contributed by atoms with van der Waals surface area (Å²) in [5, 5.41) is 8.87. The maximum Gasteiger partial charge on any atom is 0.144 e. The summed E-state index contributed by atoms with van der Waals surface area (Å²) in [7, 11) is 0. The Labute approximate surface area is 122 Å². The van der Waals surface area contributed by atoms with Crippen LogP contribution in [0.15, 0.2) is 30.3 Å². The van der Waals surface area contributed by atoms with E-state index in [-0.39, 0.29) is 17.3 Å². The van der Waals surface area contributed by atoms with Crippen molar-refractivity contribution in [1.82, 2.24) is 0 Å². The Kier molecular flexibility index (Phi) is 3.47. The highest BCUT2D eigenvalue weighted by atomic mass is 19.1. The van der Waals surface area contributed by atoms with Gasteiger partial charge < -0.3 is 0 Å². The Hall–Kier alpha value is -2.21. The maximum atomic E-state index is 14.1. The van der Waals surface area contributed by atoms with Gasteiger partial charge in [0.05, 0.1) is 5.56 Å². The highest BCUT2D eigenvalue weighted by molar-refractivity contribution is 5.43. The molecular weight excluding hydrogens is 268 g/mol. The number of fused-ring (bicyclic) bond motifs is 1. The molecular formula is C18H15F2N. The topological polar surface area (TPSA) is 23.8 Å². The molecule has 0 radical (unpaired) electrons. The van der Waals surface area contributed by atoms with Crippen molar-refractivity contribution in [2.24, 2.45) is 0 Å². The molecule has 106 valence electrons. The number of benzene rings is 2. The van der Waals surface area contributed by atoms with Gasteiger partial charge in [-0.25, -0.2) is 8.78 Å². The quantitative estimate of drug-likeness (QED) is 0.760. The second-order valence-electron chi connectivity index (χ2n) is 5.64. The van der Waals surface area contributed by atoms with Crippen LogP contribution in [0.4, 0.5) is 8.78 Å². The molecule has 1 aliphatic rings. The minimum atomic E-state index is -0.405. The van der Waals surface area contributed by atoms with E-state index >= 15 is 0 Å². The van der Waals surface area contributed by atoms with Gasteiger partial charge in [-0.2, -0.15) is 5.26 Å². The van der Waals surface area contributed by atoms with Gasteiger partial charge in [0, 0.05) is 0 Å². The molecule has 1 nitrogen and oxygen atoms in total. The van der Waals surface area contributed by atoms with E-state index in [1.165, 1.54) is 6.07 Å². The normalized spacial score (nSPS) is 17.1. The second-order valence-corrected chi connectivity index (χ2v) is 5.64. The van der Waals surface area contributed by atoms with Crippen LogP contribution in [0, 0.1) is 29.9 Å². The van der Waals surface area contributed by atoms with Crippen LogP contribution in [-0.4, -0.2) is 0 Å². The predicted molar refractivity (Wildman–Crippen MR) is 77.0 cm³/mol. The standard InChI is InChI=1S/C18H15F2N/c1-11-2-6-15(17(19)8-11)12-5-7-16-13(9-12)3-4-14(10-21)18(16)20/h2-4,6,8,12H,5,7,9H2,1H3. The minimum absolute atomic E-state index is 0.0745. The van der Waals surface area contributed by atoms with Gasteiger partial charge in [0.1, 0.15) is 17.7 Å². The highest BCUT2D eigenvalue weighted by Gasteiger charge is 2.25. The van der Waals surface area contributed by atoms with E-state index < -0.39 is 5.82 Å². The van der Waals surface area contributed by atoms with Gasteiger partial charge in [-0.3, -0.25) is 0 Å². The molecule has 3 heteroatoms. The molecule has 0 aliphatic heterocycles. The van der Waals surface area contributed by atoms with Gasteiger partial charge in [-0.05, 0) is 66.5 Å². The van der Waals surface area contributed by atoms with E-state index in [0.717, 1.165) is 11.1 Å². The van der Waals surface area contributed by atoms with Crippen LogP contribution in [0.2, 0.25) is 0 Å². The molecule has 21 heavy (non-hydrogen) atoms. The van der Waals surface area contributed by atoms with E-state index in [2.05, 4.69) is 0 Å². The first-order valence-electron chi connectivity index (χ1n) is 7.06. The largest absolute Gasteiger partial charge is 0.207 e. The second kappa shape index (κ2) is 5.29. The third kappa shape index (κ3) is 2.42. The summed E-state index contributed by atoms with van der Waals surface area (Å²) >= 11 is 0. The Morgan fingerprint density at radius 3 is 2.71 bits per heavy atom. The van der Waals surface area contributed by atoms with E-state index in [0.29, 0.717) is 30.4 Å². The molecule has 0 N–H and O–H groups in total. The van der Waals surface area contributed by atoms with Crippen LogP contribution in [-0.2, 0) is 12.8 Å². The van der Waals surface area contributed by atoms with Crippen molar-refractivity contribution in [3.8, 4) is 6.07 Å². The predicted octanol–water partition coefficient (Wildman–Crippen LogP) is 4.42. The monoisotopic (exact) mass is 283 g/mol. The smallest absolute Gasteiger partial charge is 0.144 e. The zero-order chi connectivity index (χ0) is 15.0. The average Bonchev–Trinajstić information content (AvgIpc) is 2.47. The minimum Gasteiger partial charge on any atom is -0.207 e. The molecule has 0 bridgehead atoms. The first kappa shape index (κ1) is 13.8. The lowest BCUT2D eigenvalue weighted by Gasteiger charge is -2.26. The van der Waals surface area contributed by atoms with E-state index in [9.17, 15) is 8.78 Å². The molecule has 1 aliphatic carbocycles. The van der Waals surface area contributed by atoms with Crippen molar-refractivity contribution in [2.45, 2.75) is 32.1 Å². The van der Waals surface area contributed by atoms with Gasteiger partial charge in [0.2, 0.25) is 0 Å². The molecule has 1 atom stereocenters. The first-order chi connectivity index (χ1) is 10.1. The fraction of sp³-hybridized carbons (Fsp3) is 0.278. The zero-order valence-corrected chi connectivity index (χ0v) is 11.8. The number of rotatable bonds is 1. The molecule has 1 unspecified atom stereocenters.